The van der Waals surface area contributed by atoms with Gasteiger partial charge >= 0.3 is 0 Å². The van der Waals surface area contributed by atoms with Crippen molar-refractivity contribution in [1.82, 2.24) is 20.0 Å². The number of hydrogen-bond acceptors (Lipinski definition) is 3. The Morgan fingerprint density at radius 1 is 1.35 bits per heavy atom. The van der Waals surface area contributed by atoms with Gasteiger partial charge in [0, 0.05) is 29.9 Å². The van der Waals surface area contributed by atoms with Crippen LogP contribution in [0, 0.1) is 0 Å². The molecule has 1 saturated heterocycles. The van der Waals surface area contributed by atoms with Crippen molar-refractivity contribution in [3.05, 3.63) is 47.9 Å². The molecule has 0 saturated carbocycles. The summed E-state index contributed by atoms with van der Waals surface area (Å²) in [6.45, 7) is 2.32. The molecule has 1 aromatic carbocycles. The summed E-state index contributed by atoms with van der Waals surface area (Å²) in [6, 6.07) is 10.4. The van der Waals surface area contributed by atoms with E-state index in [-0.39, 0.29) is 0 Å². The zero-order chi connectivity index (χ0) is 13.4. The van der Waals surface area contributed by atoms with E-state index < -0.39 is 0 Å². The summed E-state index contributed by atoms with van der Waals surface area (Å²) in [5, 5.41) is 9.71. The normalized spacial score (nSPS) is 18.9. The molecule has 0 bridgehead atoms. The van der Waals surface area contributed by atoms with E-state index in [4.69, 9.17) is 4.74 Å². The quantitative estimate of drug-likeness (QED) is 0.793. The Labute approximate surface area is 116 Å². The number of aromatic amines is 1. The number of rotatable bonds is 3. The number of nitrogens with one attached hydrogen (secondary N) is 1. The summed E-state index contributed by atoms with van der Waals surface area (Å²) in [7, 11) is 0. The number of para-hydroxylation sites is 1. The van der Waals surface area contributed by atoms with Crippen LogP contribution < -0.4 is 0 Å². The topological polar surface area (TPSA) is 55.7 Å². The average Bonchev–Trinajstić information content (AvgIpc) is 3.18. The van der Waals surface area contributed by atoms with Crippen LogP contribution in [0.1, 0.15) is 23.7 Å². The van der Waals surface area contributed by atoms with Gasteiger partial charge in [0.1, 0.15) is 0 Å². The van der Waals surface area contributed by atoms with E-state index in [1.54, 1.807) is 0 Å². The van der Waals surface area contributed by atoms with Crippen LogP contribution in [-0.4, -0.2) is 33.2 Å². The van der Waals surface area contributed by atoms with Crippen molar-refractivity contribution in [2.45, 2.75) is 18.9 Å². The number of fused-ring (bicyclic) bond motifs is 1. The lowest BCUT2D eigenvalue weighted by Gasteiger charge is -2.00. The maximum atomic E-state index is 5.40. The van der Waals surface area contributed by atoms with E-state index in [0.717, 1.165) is 43.1 Å². The summed E-state index contributed by atoms with van der Waals surface area (Å²) in [5.74, 6) is 0.409. The van der Waals surface area contributed by atoms with Crippen LogP contribution in [0.25, 0.3) is 10.9 Å². The van der Waals surface area contributed by atoms with Crippen LogP contribution in [0.15, 0.2) is 36.5 Å². The highest BCUT2D eigenvalue weighted by atomic mass is 16.5. The predicted octanol–water partition coefficient (Wildman–Crippen LogP) is 2.31. The van der Waals surface area contributed by atoms with Crippen molar-refractivity contribution >= 4 is 10.9 Å². The van der Waals surface area contributed by atoms with Gasteiger partial charge < -0.3 is 9.72 Å². The second kappa shape index (κ2) is 4.76. The van der Waals surface area contributed by atoms with E-state index in [1.165, 1.54) is 5.39 Å². The number of nitrogens with zero attached hydrogens (tertiary/aromatic N) is 3. The van der Waals surface area contributed by atoms with Crippen LogP contribution >= 0.6 is 0 Å². The highest BCUT2D eigenvalue weighted by Gasteiger charge is 2.20. The van der Waals surface area contributed by atoms with Crippen molar-refractivity contribution < 1.29 is 4.74 Å². The first-order chi connectivity index (χ1) is 9.88. The third-order valence-corrected chi connectivity index (χ3v) is 3.82. The Bertz CT molecular complexity index is 691. The van der Waals surface area contributed by atoms with Gasteiger partial charge in [0.05, 0.1) is 18.8 Å². The van der Waals surface area contributed by atoms with Gasteiger partial charge in [0.15, 0.2) is 0 Å². The molecule has 1 N–H and O–H groups in total. The molecule has 0 spiro atoms. The van der Waals surface area contributed by atoms with Crippen LogP contribution in [-0.2, 0) is 11.3 Å². The molecular formula is C15H16N4O. The number of aromatic nitrogens is 4. The van der Waals surface area contributed by atoms with Crippen LogP contribution in [0.3, 0.4) is 0 Å². The van der Waals surface area contributed by atoms with Crippen molar-refractivity contribution in [3.63, 3.8) is 0 Å². The molecule has 1 aliphatic heterocycles. The fraction of sp³-hybridized carbons (Fsp3) is 0.333. The highest BCUT2D eigenvalue weighted by molar-refractivity contribution is 5.80. The minimum absolute atomic E-state index is 0.409. The highest BCUT2D eigenvalue weighted by Crippen LogP contribution is 2.23. The van der Waals surface area contributed by atoms with Gasteiger partial charge in [0.25, 0.3) is 0 Å². The number of ether oxygens (including phenoxy) is 1. The predicted molar refractivity (Wildman–Crippen MR) is 75.6 cm³/mol. The standard InChI is InChI=1S/C15H16N4O/c1-2-4-14-11(3-1)7-13(16-14)8-19-9-15(17-18-19)12-5-6-20-10-12/h1-4,7,9,12,16H,5-6,8,10H2. The Hall–Kier alpha value is -2.14. The molecule has 0 radical (unpaired) electrons. The second-order valence-corrected chi connectivity index (χ2v) is 5.28. The van der Waals surface area contributed by atoms with Crippen LogP contribution in [0.4, 0.5) is 0 Å². The fourth-order valence-electron chi connectivity index (χ4n) is 2.74. The smallest absolute Gasteiger partial charge is 0.0881 e. The first-order valence-corrected chi connectivity index (χ1v) is 6.93. The molecule has 0 amide bonds. The van der Waals surface area contributed by atoms with Crippen LogP contribution in [0.2, 0.25) is 0 Å². The summed E-state index contributed by atoms with van der Waals surface area (Å²) in [5.41, 5.74) is 3.34. The molecule has 102 valence electrons. The minimum Gasteiger partial charge on any atom is -0.381 e. The monoisotopic (exact) mass is 268 g/mol. The average molecular weight is 268 g/mol. The molecule has 1 aliphatic rings. The molecule has 3 aromatic rings. The maximum absolute atomic E-state index is 5.40. The van der Waals surface area contributed by atoms with E-state index in [9.17, 15) is 0 Å². The van der Waals surface area contributed by atoms with Gasteiger partial charge in [-0.2, -0.15) is 0 Å². The molecule has 0 aliphatic carbocycles. The number of benzene rings is 1. The molecule has 5 nitrogen and oxygen atoms in total. The lowest BCUT2D eigenvalue weighted by molar-refractivity contribution is 0.193. The van der Waals surface area contributed by atoms with Crippen LogP contribution in [0.5, 0.6) is 0 Å². The first-order valence-electron chi connectivity index (χ1n) is 6.93. The number of hydrogen-bond donors (Lipinski definition) is 1. The van der Waals surface area contributed by atoms with Gasteiger partial charge in [0.2, 0.25) is 0 Å². The molecular weight excluding hydrogens is 252 g/mol. The summed E-state index contributed by atoms with van der Waals surface area (Å²) in [6.07, 6.45) is 3.08. The lowest BCUT2D eigenvalue weighted by Crippen LogP contribution is -2.00. The van der Waals surface area contributed by atoms with Gasteiger partial charge in [-0.1, -0.05) is 23.4 Å². The number of H-pyrrole nitrogens is 1. The third-order valence-electron chi connectivity index (χ3n) is 3.82. The first kappa shape index (κ1) is 11.7. The van der Waals surface area contributed by atoms with Crippen molar-refractivity contribution in [3.8, 4) is 0 Å². The maximum Gasteiger partial charge on any atom is 0.0881 e. The summed E-state index contributed by atoms with van der Waals surface area (Å²) >= 11 is 0. The van der Waals surface area contributed by atoms with E-state index in [0.29, 0.717) is 5.92 Å². The van der Waals surface area contributed by atoms with Gasteiger partial charge in [-0.15, -0.1) is 5.10 Å². The van der Waals surface area contributed by atoms with Gasteiger partial charge in [-0.25, -0.2) is 4.68 Å². The molecule has 1 unspecified atom stereocenters. The SMILES string of the molecule is c1ccc2[nH]c(Cn3cc(C4CCOC4)nn3)cc2c1. The second-order valence-electron chi connectivity index (χ2n) is 5.28. The third kappa shape index (κ3) is 2.10. The van der Waals surface area contributed by atoms with Gasteiger partial charge in [-0.3, -0.25) is 0 Å². The van der Waals surface area contributed by atoms with Crippen molar-refractivity contribution in [2.24, 2.45) is 0 Å². The Kier molecular flexibility index (Phi) is 2.77. The fourth-order valence-corrected chi connectivity index (χ4v) is 2.74. The summed E-state index contributed by atoms with van der Waals surface area (Å²) < 4.78 is 7.28. The zero-order valence-corrected chi connectivity index (χ0v) is 11.1. The molecule has 3 heterocycles. The van der Waals surface area contributed by atoms with E-state index >= 15 is 0 Å². The minimum atomic E-state index is 0.409. The molecule has 2 aromatic heterocycles. The lowest BCUT2D eigenvalue weighted by atomic mass is 10.1. The van der Waals surface area contributed by atoms with E-state index in [2.05, 4.69) is 33.5 Å². The molecule has 4 rings (SSSR count). The molecule has 20 heavy (non-hydrogen) atoms. The van der Waals surface area contributed by atoms with Crippen molar-refractivity contribution in [1.29, 1.82) is 0 Å². The molecule has 1 fully saturated rings. The van der Waals surface area contributed by atoms with E-state index in [1.807, 2.05) is 23.0 Å². The largest absolute Gasteiger partial charge is 0.381 e. The Morgan fingerprint density at radius 3 is 3.15 bits per heavy atom. The molecule has 5 heteroatoms. The van der Waals surface area contributed by atoms with Gasteiger partial charge in [-0.05, 0) is 23.9 Å². The Balaban J connectivity index is 1.56. The zero-order valence-electron chi connectivity index (χ0n) is 11.1. The molecule has 1 atom stereocenters. The summed E-state index contributed by atoms with van der Waals surface area (Å²) in [4.78, 5) is 3.41. The Morgan fingerprint density at radius 2 is 2.30 bits per heavy atom. The van der Waals surface area contributed by atoms with Crippen molar-refractivity contribution in [2.75, 3.05) is 13.2 Å².